The Balaban J connectivity index is 1.52. The topological polar surface area (TPSA) is 78.9 Å². The minimum absolute atomic E-state index is 0.0586. The van der Waals surface area contributed by atoms with Gasteiger partial charge in [-0.2, -0.15) is 0 Å². The number of amides is 1. The van der Waals surface area contributed by atoms with Crippen molar-refractivity contribution in [2.45, 2.75) is 39.3 Å². The minimum Gasteiger partial charge on any atom is -0.481 e. The second-order valence-electron chi connectivity index (χ2n) is 7.40. The van der Waals surface area contributed by atoms with Crippen LogP contribution in [0.5, 0.6) is 0 Å². The first kappa shape index (κ1) is 18.9. The molecule has 1 saturated heterocycles. The van der Waals surface area contributed by atoms with Gasteiger partial charge in [0.1, 0.15) is 0 Å². The lowest BCUT2D eigenvalue weighted by molar-refractivity contribution is -0.149. The van der Waals surface area contributed by atoms with Gasteiger partial charge in [0.25, 0.3) is 0 Å². The normalized spacial score (nSPS) is 25.2. The SMILES string of the molecule is CCOCc1ccccc1CNC(=O)CN1C[C@@H]2CCC[C@@]2(C(=O)O)C1. The lowest BCUT2D eigenvalue weighted by Crippen LogP contribution is -2.39. The fourth-order valence-electron chi connectivity index (χ4n) is 4.40. The van der Waals surface area contributed by atoms with Crippen LogP contribution < -0.4 is 5.32 Å². The van der Waals surface area contributed by atoms with Crippen LogP contribution in [-0.4, -0.2) is 48.1 Å². The first-order chi connectivity index (χ1) is 12.5. The van der Waals surface area contributed by atoms with Crippen LogP contribution >= 0.6 is 0 Å². The summed E-state index contributed by atoms with van der Waals surface area (Å²) < 4.78 is 5.47. The Kier molecular flexibility index (Phi) is 5.94. The van der Waals surface area contributed by atoms with Gasteiger partial charge in [0, 0.05) is 26.2 Å². The van der Waals surface area contributed by atoms with E-state index in [-0.39, 0.29) is 18.4 Å². The van der Waals surface area contributed by atoms with Crippen LogP contribution in [0.15, 0.2) is 24.3 Å². The molecule has 1 aromatic rings. The molecule has 0 radical (unpaired) electrons. The number of benzene rings is 1. The highest BCUT2D eigenvalue weighted by atomic mass is 16.5. The van der Waals surface area contributed by atoms with Crippen molar-refractivity contribution in [1.82, 2.24) is 10.2 Å². The summed E-state index contributed by atoms with van der Waals surface area (Å²) in [5.41, 5.74) is 1.49. The van der Waals surface area contributed by atoms with Gasteiger partial charge in [0.05, 0.1) is 18.6 Å². The number of ether oxygens (including phenoxy) is 1. The van der Waals surface area contributed by atoms with E-state index in [9.17, 15) is 14.7 Å². The predicted molar refractivity (Wildman–Crippen MR) is 97.5 cm³/mol. The molecule has 1 saturated carbocycles. The lowest BCUT2D eigenvalue weighted by atomic mass is 9.81. The summed E-state index contributed by atoms with van der Waals surface area (Å²) in [6.07, 6.45) is 2.67. The second kappa shape index (κ2) is 8.18. The Morgan fingerprint density at radius 1 is 1.35 bits per heavy atom. The molecule has 2 fully saturated rings. The number of carboxylic acids is 1. The van der Waals surface area contributed by atoms with E-state index in [1.54, 1.807) is 0 Å². The Morgan fingerprint density at radius 2 is 2.12 bits per heavy atom. The van der Waals surface area contributed by atoms with E-state index in [1.807, 2.05) is 36.1 Å². The summed E-state index contributed by atoms with van der Waals surface area (Å²) in [5.74, 6) is -0.579. The lowest BCUT2D eigenvalue weighted by Gasteiger charge is -2.23. The van der Waals surface area contributed by atoms with Crippen LogP contribution in [-0.2, 0) is 27.5 Å². The van der Waals surface area contributed by atoms with Crippen molar-refractivity contribution in [1.29, 1.82) is 0 Å². The van der Waals surface area contributed by atoms with Crippen molar-refractivity contribution < 1.29 is 19.4 Å². The molecule has 1 amide bonds. The fraction of sp³-hybridized carbons (Fsp3) is 0.600. The molecule has 3 rings (SSSR count). The quantitative estimate of drug-likeness (QED) is 0.742. The van der Waals surface area contributed by atoms with E-state index in [1.165, 1.54) is 0 Å². The highest BCUT2D eigenvalue weighted by Gasteiger charge is 2.54. The number of carbonyl (C=O) groups excluding carboxylic acids is 1. The summed E-state index contributed by atoms with van der Waals surface area (Å²) in [6.45, 7) is 5.07. The van der Waals surface area contributed by atoms with Crippen LogP contribution in [0.4, 0.5) is 0 Å². The van der Waals surface area contributed by atoms with Gasteiger partial charge in [-0.25, -0.2) is 0 Å². The van der Waals surface area contributed by atoms with Crippen molar-refractivity contribution in [3.63, 3.8) is 0 Å². The Morgan fingerprint density at radius 3 is 2.81 bits per heavy atom. The molecule has 0 aromatic heterocycles. The molecule has 0 bridgehead atoms. The molecule has 26 heavy (non-hydrogen) atoms. The number of fused-ring (bicyclic) bond motifs is 1. The van der Waals surface area contributed by atoms with Crippen LogP contribution in [0.3, 0.4) is 0 Å². The highest BCUT2D eigenvalue weighted by Crippen LogP contribution is 2.48. The minimum atomic E-state index is -0.701. The summed E-state index contributed by atoms with van der Waals surface area (Å²) in [5, 5.41) is 12.6. The molecule has 0 unspecified atom stereocenters. The van der Waals surface area contributed by atoms with Crippen LogP contribution in [0.1, 0.15) is 37.3 Å². The van der Waals surface area contributed by atoms with Crippen molar-refractivity contribution in [3.8, 4) is 0 Å². The third-order valence-corrected chi connectivity index (χ3v) is 5.79. The van der Waals surface area contributed by atoms with E-state index in [0.717, 1.165) is 30.4 Å². The van der Waals surface area contributed by atoms with Gasteiger partial charge >= 0.3 is 5.97 Å². The van der Waals surface area contributed by atoms with Gasteiger partial charge in [-0.05, 0) is 36.8 Å². The zero-order valence-electron chi connectivity index (χ0n) is 15.4. The summed E-state index contributed by atoms with van der Waals surface area (Å²) in [4.78, 5) is 26.1. The Hall–Kier alpha value is -1.92. The number of carboxylic acid groups (broad SMARTS) is 1. The Labute approximate surface area is 154 Å². The van der Waals surface area contributed by atoms with E-state index >= 15 is 0 Å². The number of nitrogens with zero attached hydrogens (tertiary/aromatic N) is 1. The molecule has 1 aliphatic carbocycles. The highest BCUT2D eigenvalue weighted by molar-refractivity contribution is 5.79. The molecule has 2 atom stereocenters. The average molecular weight is 360 g/mol. The molecular weight excluding hydrogens is 332 g/mol. The van der Waals surface area contributed by atoms with Gasteiger partial charge in [-0.3, -0.25) is 14.5 Å². The fourth-order valence-corrected chi connectivity index (χ4v) is 4.40. The standard InChI is InChI=1S/C20H28N2O4/c1-2-26-13-16-7-4-3-6-15(16)10-21-18(23)12-22-11-17-8-5-9-20(17,14-22)19(24)25/h3-4,6-7,17H,2,5,8-14H2,1H3,(H,21,23)(H,24,25)/t17-,20+/m0/s1. The van der Waals surface area contributed by atoms with Crippen molar-refractivity contribution in [3.05, 3.63) is 35.4 Å². The zero-order chi connectivity index (χ0) is 18.6. The molecule has 0 spiro atoms. The maximum absolute atomic E-state index is 12.4. The average Bonchev–Trinajstić information content (AvgIpc) is 3.16. The number of hydrogen-bond donors (Lipinski definition) is 2. The van der Waals surface area contributed by atoms with E-state index < -0.39 is 11.4 Å². The number of hydrogen-bond acceptors (Lipinski definition) is 4. The van der Waals surface area contributed by atoms with Crippen molar-refractivity contribution >= 4 is 11.9 Å². The number of aliphatic carboxylic acids is 1. The number of likely N-dealkylation sites (tertiary alicyclic amines) is 1. The zero-order valence-corrected chi connectivity index (χ0v) is 15.4. The smallest absolute Gasteiger partial charge is 0.311 e. The molecule has 1 aromatic carbocycles. The monoisotopic (exact) mass is 360 g/mol. The molecule has 1 aliphatic heterocycles. The largest absolute Gasteiger partial charge is 0.481 e. The van der Waals surface area contributed by atoms with Crippen molar-refractivity contribution in [2.75, 3.05) is 26.2 Å². The first-order valence-corrected chi connectivity index (χ1v) is 9.42. The van der Waals surface area contributed by atoms with Crippen LogP contribution in [0, 0.1) is 11.3 Å². The van der Waals surface area contributed by atoms with Crippen LogP contribution in [0.2, 0.25) is 0 Å². The van der Waals surface area contributed by atoms with Gasteiger partial charge in [-0.1, -0.05) is 30.7 Å². The summed E-state index contributed by atoms with van der Waals surface area (Å²) in [7, 11) is 0. The third kappa shape index (κ3) is 3.91. The number of nitrogens with one attached hydrogen (secondary N) is 1. The third-order valence-electron chi connectivity index (χ3n) is 5.79. The van der Waals surface area contributed by atoms with Gasteiger partial charge in [0.15, 0.2) is 0 Å². The van der Waals surface area contributed by atoms with Gasteiger partial charge in [0.2, 0.25) is 5.91 Å². The maximum atomic E-state index is 12.4. The van der Waals surface area contributed by atoms with Crippen LogP contribution in [0.25, 0.3) is 0 Å². The summed E-state index contributed by atoms with van der Waals surface area (Å²) in [6, 6.07) is 7.92. The molecule has 142 valence electrons. The Bertz CT molecular complexity index is 663. The molecular formula is C20H28N2O4. The molecule has 2 aliphatic rings. The van der Waals surface area contributed by atoms with E-state index in [0.29, 0.717) is 32.8 Å². The molecule has 2 N–H and O–H groups in total. The number of rotatable bonds is 8. The molecule has 1 heterocycles. The predicted octanol–water partition coefficient (Wildman–Crippen LogP) is 2.03. The van der Waals surface area contributed by atoms with E-state index in [2.05, 4.69) is 5.32 Å². The van der Waals surface area contributed by atoms with Gasteiger partial charge in [-0.15, -0.1) is 0 Å². The molecule has 6 nitrogen and oxygen atoms in total. The summed E-state index contributed by atoms with van der Waals surface area (Å²) >= 11 is 0. The maximum Gasteiger partial charge on any atom is 0.311 e. The van der Waals surface area contributed by atoms with Gasteiger partial charge < -0.3 is 15.2 Å². The second-order valence-corrected chi connectivity index (χ2v) is 7.40. The first-order valence-electron chi connectivity index (χ1n) is 9.42. The van der Waals surface area contributed by atoms with Crippen molar-refractivity contribution in [2.24, 2.45) is 11.3 Å². The van der Waals surface area contributed by atoms with E-state index in [4.69, 9.17) is 4.74 Å². The molecule has 6 heteroatoms. The number of carbonyl (C=O) groups is 2.